The summed E-state index contributed by atoms with van der Waals surface area (Å²) >= 11 is 0. The molecule has 1 unspecified atom stereocenters. The predicted octanol–water partition coefficient (Wildman–Crippen LogP) is 3.61. The molecule has 0 spiro atoms. The Bertz CT molecular complexity index is 850. The van der Waals surface area contributed by atoms with Crippen molar-refractivity contribution >= 4 is 11.9 Å². The average Bonchev–Trinajstić information content (AvgIpc) is 3.19. The number of aryl methyl sites for hydroxylation is 2. The van der Waals surface area contributed by atoms with Crippen molar-refractivity contribution in [2.75, 3.05) is 20.3 Å². The number of rotatable bonds is 6. The first-order chi connectivity index (χ1) is 13.5. The lowest BCUT2D eigenvalue weighted by Gasteiger charge is -2.16. The molecule has 6 nitrogen and oxygen atoms in total. The second-order valence-electron chi connectivity index (χ2n) is 6.81. The standard InChI is InChI=1S/C22H24O6/c1-14-4-6-16(7-5-14)21(23)27-12-17-10-15(2)20(25-3)11-19(17)22(24)28-18-8-9-26-13-18/h4-7,10-11,18H,8-9,12-13H2,1-3H3. The molecule has 3 rings (SSSR count). The zero-order valence-electron chi connectivity index (χ0n) is 16.3. The summed E-state index contributed by atoms with van der Waals surface area (Å²) in [5.74, 6) is -0.351. The summed E-state index contributed by atoms with van der Waals surface area (Å²) in [5, 5.41) is 0. The van der Waals surface area contributed by atoms with Gasteiger partial charge in [-0.2, -0.15) is 0 Å². The van der Waals surface area contributed by atoms with Crippen LogP contribution < -0.4 is 4.74 Å². The third-order valence-electron chi connectivity index (χ3n) is 4.65. The van der Waals surface area contributed by atoms with Gasteiger partial charge in [0, 0.05) is 12.0 Å². The Hall–Kier alpha value is -2.86. The van der Waals surface area contributed by atoms with Crippen molar-refractivity contribution in [1.29, 1.82) is 0 Å². The molecule has 1 saturated heterocycles. The summed E-state index contributed by atoms with van der Waals surface area (Å²) in [6.45, 7) is 4.75. The topological polar surface area (TPSA) is 71.1 Å². The number of benzene rings is 2. The molecule has 0 amide bonds. The summed E-state index contributed by atoms with van der Waals surface area (Å²) in [5.41, 5.74) is 3.25. The van der Waals surface area contributed by atoms with Gasteiger partial charge in [-0.15, -0.1) is 0 Å². The maximum absolute atomic E-state index is 12.7. The maximum Gasteiger partial charge on any atom is 0.339 e. The molecule has 2 aromatic carbocycles. The Morgan fingerprint density at radius 3 is 2.50 bits per heavy atom. The number of carbonyl (C=O) groups excluding carboxylic acids is 2. The van der Waals surface area contributed by atoms with Crippen molar-refractivity contribution in [3.8, 4) is 5.75 Å². The molecular weight excluding hydrogens is 360 g/mol. The van der Waals surface area contributed by atoms with Gasteiger partial charge in [-0.25, -0.2) is 9.59 Å². The van der Waals surface area contributed by atoms with Gasteiger partial charge < -0.3 is 18.9 Å². The first-order valence-electron chi connectivity index (χ1n) is 9.18. The number of carbonyl (C=O) groups is 2. The molecule has 0 aromatic heterocycles. The molecule has 1 aliphatic heterocycles. The smallest absolute Gasteiger partial charge is 0.339 e. The molecule has 0 radical (unpaired) electrons. The van der Waals surface area contributed by atoms with Crippen LogP contribution in [0.5, 0.6) is 5.75 Å². The van der Waals surface area contributed by atoms with E-state index in [2.05, 4.69) is 0 Å². The van der Waals surface area contributed by atoms with E-state index in [9.17, 15) is 9.59 Å². The van der Waals surface area contributed by atoms with Gasteiger partial charge in [0.05, 0.1) is 31.5 Å². The van der Waals surface area contributed by atoms with E-state index in [0.29, 0.717) is 42.1 Å². The van der Waals surface area contributed by atoms with Crippen LogP contribution in [0.25, 0.3) is 0 Å². The van der Waals surface area contributed by atoms with Crippen LogP contribution in [0, 0.1) is 13.8 Å². The molecule has 0 N–H and O–H groups in total. The predicted molar refractivity (Wildman–Crippen MR) is 103 cm³/mol. The normalized spacial score (nSPS) is 15.9. The fraction of sp³-hybridized carbons (Fsp3) is 0.364. The molecule has 148 valence electrons. The Morgan fingerprint density at radius 2 is 1.86 bits per heavy atom. The second kappa shape index (κ2) is 8.89. The third kappa shape index (κ3) is 4.70. The minimum atomic E-state index is -0.477. The second-order valence-corrected chi connectivity index (χ2v) is 6.81. The quantitative estimate of drug-likeness (QED) is 0.709. The van der Waals surface area contributed by atoms with E-state index in [1.54, 1.807) is 31.4 Å². The molecule has 0 saturated carbocycles. The van der Waals surface area contributed by atoms with Gasteiger partial charge in [0.25, 0.3) is 0 Å². The van der Waals surface area contributed by atoms with Gasteiger partial charge in [-0.1, -0.05) is 17.7 Å². The highest BCUT2D eigenvalue weighted by atomic mass is 16.6. The fourth-order valence-corrected chi connectivity index (χ4v) is 3.01. The molecule has 2 aromatic rings. The first kappa shape index (κ1) is 19.9. The van der Waals surface area contributed by atoms with Crippen molar-refractivity contribution in [1.82, 2.24) is 0 Å². The Labute approximate surface area is 164 Å². The van der Waals surface area contributed by atoms with Crippen molar-refractivity contribution < 1.29 is 28.5 Å². The molecule has 1 aliphatic rings. The van der Waals surface area contributed by atoms with Gasteiger partial charge >= 0.3 is 11.9 Å². The summed E-state index contributed by atoms with van der Waals surface area (Å²) in [6, 6.07) is 10.5. The number of hydrogen-bond acceptors (Lipinski definition) is 6. The molecule has 28 heavy (non-hydrogen) atoms. The third-order valence-corrected chi connectivity index (χ3v) is 4.65. The van der Waals surface area contributed by atoms with Gasteiger partial charge in [0.2, 0.25) is 0 Å². The van der Waals surface area contributed by atoms with Crippen LogP contribution >= 0.6 is 0 Å². The molecule has 1 fully saturated rings. The zero-order chi connectivity index (χ0) is 20.1. The summed E-state index contributed by atoms with van der Waals surface area (Å²) in [4.78, 5) is 25.0. The van der Waals surface area contributed by atoms with E-state index >= 15 is 0 Å². The van der Waals surface area contributed by atoms with E-state index in [1.165, 1.54) is 0 Å². The molecule has 1 heterocycles. The number of hydrogen-bond donors (Lipinski definition) is 0. The monoisotopic (exact) mass is 384 g/mol. The molecular formula is C22H24O6. The Morgan fingerprint density at radius 1 is 1.11 bits per heavy atom. The first-order valence-corrected chi connectivity index (χ1v) is 9.18. The Kier molecular flexibility index (Phi) is 6.31. The van der Waals surface area contributed by atoms with Crippen molar-refractivity contribution in [2.24, 2.45) is 0 Å². The van der Waals surface area contributed by atoms with Gasteiger partial charge in [-0.3, -0.25) is 0 Å². The van der Waals surface area contributed by atoms with E-state index in [0.717, 1.165) is 11.1 Å². The van der Waals surface area contributed by atoms with Gasteiger partial charge in [0.1, 0.15) is 18.5 Å². The molecule has 0 bridgehead atoms. The van der Waals surface area contributed by atoms with Gasteiger partial charge in [-0.05, 0) is 43.7 Å². The highest BCUT2D eigenvalue weighted by molar-refractivity contribution is 5.92. The zero-order valence-corrected chi connectivity index (χ0v) is 16.3. The average molecular weight is 384 g/mol. The highest BCUT2D eigenvalue weighted by Crippen LogP contribution is 2.25. The number of esters is 2. The largest absolute Gasteiger partial charge is 0.496 e. The minimum absolute atomic E-state index is 0.0385. The van der Waals surface area contributed by atoms with Crippen LogP contribution in [0.1, 0.15) is 43.8 Å². The van der Waals surface area contributed by atoms with Crippen LogP contribution in [0.3, 0.4) is 0 Å². The minimum Gasteiger partial charge on any atom is -0.496 e. The summed E-state index contributed by atoms with van der Waals surface area (Å²) < 4.78 is 21.5. The molecule has 0 aliphatic carbocycles. The van der Waals surface area contributed by atoms with Crippen LogP contribution in [-0.2, 0) is 20.8 Å². The van der Waals surface area contributed by atoms with Crippen molar-refractivity contribution in [3.63, 3.8) is 0 Å². The lowest BCUT2D eigenvalue weighted by atomic mass is 10.0. The van der Waals surface area contributed by atoms with Gasteiger partial charge in [0.15, 0.2) is 0 Å². The van der Waals surface area contributed by atoms with Crippen LogP contribution in [0.15, 0.2) is 36.4 Å². The Balaban J connectivity index is 1.78. The van der Waals surface area contributed by atoms with E-state index in [1.807, 2.05) is 26.0 Å². The maximum atomic E-state index is 12.7. The van der Waals surface area contributed by atoms with E-state index in [-0.39, 0.29) is 12.7 Å². The summed E-state index contributed by atoms with van der Waals surface area (Å²) in [6.07, 6.45) is 0.412. The lowest BCUT2D eigenvalue weighted by Crippen LogP contribution is -2.20. The van der Waals surface area contributed by atoms with Crippen LogP contribution in [-0.4, -0.2) is 38.4 Å². The summed E-state index contributed by atoms with van der Waals surface area (Å²) in [7, 11) is 1.54. The molecule has 6 heteroatoms. The van der Waals surface area contributed by atoms with Crippen LogP contribution in [0.2, 0.25) is 0 Å². The fourth-order valence-electron chi connectivity index (χ4n) is 3.01. The number of methoxy groups -OCH3 is 1. The van der Waals surface area contributed by atoms with E-state index in [4.69, 9.17) is 18.9 Å². The molecule has 1 atom stereocenters. The van der Waals surface area contributed by atoms with Crippen molar-refractivity contribution in [2.45, 2.75) is 33.0 Å². The number of ether oxygens (including phenoxy) is 4. The SMILES string of the molecule is COc1cc(C(=O)OC2CCOC2)c(COC(=O)c2ccc(C)cc2)cc1C. The highest BCUT2D eigenvalue weighted by Gasteiger charge is 2.24. The van der Waals surface area contributed by atoms with E-state index < -0.39 is 11.9 Å². The van der Waals surface area contributed by atoms with Crippen LogP contribution in [0.4, 0.5) is 0 Å². The van der Waals surface area contributed by atoms with Crippen molar-refractivity contribution in [3.05, 3.63) is 64.2 Å². The lowest BCUT2D eigenvalue weighted by molar-refractivity contribution is 0.0261.